The highest BCUT2D eigenvalue weighted by atomic mass is 35.5. The molecule has 0 aliphatic carbocycles. The Morgan fingerprint density at radius 1 is 0.897 bits per heavy atom. The normalized spacial score (nSPS) is 11.2. The summed E-state index contributed by atoms with van der Waals surface area (Å²) in [6.07, 6.45) is 0.868. The van der Waals surface area contributed by atoms with Crippen molar-refractivity contribution in [1.29, 1.82) is 0 Å². The van der Waals surface area contributed by atoms with E-state index in [0.717, 1.165) is 6.21 Å². The molecular formula is C19H17Cl4N3O3. The summed E-state index contributed by atoms with van der Waals surface area (Å²) in [5, 5.41) is 10.1. The number of carbonyl (C=O) groups excluding carboxylic acids is 2. The van der Waals surface area contributed by atoms with Crippen LogP contribution in [-0.2, 0) is 14.4 Å². The number of amides is 2. The van der Waals surface area contributed by atoms with Crippen LogP contribution in [0.25, 0.3) is 0 Å². The summed E-state index contributed by atoms with van der Waals surface area (Å²) in [6.45, 7) is 3.51. The third-order valence-electron chi connectivity index (χ3n) is 3.42. The molecule has 0 heterocycles. The first-order valence-corrected chi connectivity index (χ1v) is 9.89. The van der Waals surface area contributed by atoms with Crippen LogP contribution in [0.15, 0.2) is 41.6 Å². The maximum absolute atomic E-state index is 12.7. The highest BCUT2D eigenvalue weighted by Gasteiger charge is 2.27. The van der Waals surface area contributed by atoms with Gasteiger partial charge >= 0.3 is 0 Å². The van der Waals surface area contributed by atoms with E-state index in [1.165, 1.54) is 24.3 Å². The molecule has 0 atom stereocenters. The van der Waals surface area contributed by atoms with E-state index in [9.17, 15) is 9.59 Å². The van der Waals surface area contributed by atoms with Gasteiger partial charge in [-0.25, -0.2) is 0 Å². The zero-order chi connectivity index (χ0) is 21.6. The summed E-state index contributed by atoms with van der Waals surface area (Å²) in [4.78, 5) is 30.5. The number of carbonyl (C=O) groups is 2. The van der Waals surface area contributed by atoms with Crippen molar-refractivity contribution in [3.05, 3.63) is 56.5 Å². The number of rotatable bonds is 7. The zero-order valence-electron chi connectivity index (χ0n) is 15.4. The summed E-state index contributed by atoms with van der Waals surface area (Å²) in [7, 11) is 0. The minimum Gasteiger partial charge on any atom is -0.393 e. The molecule has 2 N–H and O–H groups in total. The Balaban J connectivity index is 2.23. The van der Waals surface area contributed by atoms with Gasteiger partial charge in [-0.15, -0.1) is 0 Å². The van der Waals surface area contributed by atoms with Gasteiger partial charge in [-0.1, -0.05) is 51.6 Å². The van der Waals surface area contributed by atoms with Gasteiger partial charge in [0.1, 0.15) is 6.10 Å². The van der Waals surface area contributed by atoms with Crippen LogP contribution in [0.3, 0.4) is 0 Å². The number of halogens is 4. The summed E-state index contributed by atoms with van der Waals surface area (Å²) < 4.78 is 0. The molecule has 0 aromatic heterocycles. The molecule has 154 valence electrons. The lowest BCUT2D eigenvalue weighted by Crippen LogP contribution is -2.35. The van der Waals surface area contributed by atoms with Crippen LogP contribution < -0.4 is 10.6 Å². The standard InChI is InChI=1S/C19H17Cl4N3O3/c1-10(2)29-24-9-13(18(27)25-16-5-3-11(20)7-14(16)22)19(28)26-17-6-4-12(21)8-15(17)23/h3-10,13H,1-2H3,(H,25,27)(H,26,28)/b24-9+. The highest BCUT2D eigenvalue weighted by molar-refractivity contribution is 6.38. The minimum absolute atomic E-state index is 0.223. The fraction of sp³-hybridized carbons (Fsp3) is 0.211. The molecule has 0 radical (unpaired) electrons. The molecule has 2 aromatic carbocycles. The van der Waals surface area contributed by atoms with Gasteiger partial charge in [0.05, 0.1) is 27.6 Å². The van der Waals surface area contributed by atoms with E-state index in [1.807, 2.05) is 0 Å². The first kappa shape index (κ1) is 23.3. The number of hydrogen-bond acceptors (Lipinski definition) is 4. The Morgan fingerprint density at radius 3 is 1.72 bits per heavy atom. The van der Waals surface area contributed by atoms with Crippen LogP contribution in [-0.4, -0.2) is 24.1 Å². The molecule has 0 fully saturated rings. The van der Waals surface area contributed by atoms with Gasteiger partial charge in [-0.3, -0.25) is 9.59 Å². The number of nitrogens with zero attached hydrogens (tertiary/aromatic N) is 1. The first-order valence-electron chi connectivity index (χ1n) is 8.38. The fourth-order valence-electron chi connectivity index (χ4n) is 2.07. The molecule has 6 nitrogen and oxygen atoms in total. The second kappa shape index (κ2) is 10.7. The number of nitrogens with one attached hydrogen (secondary N) is 2. The average Bonchev–Trinajstić information content (AvgIpc) is 2.63. The molecule has 0 saturated heterocycles. The number of hydrogen-bond donors (Lipinski definition) is 2. The molecule has 0 aliphatic heterocycles. The van der Waals surface area contributed by atoms with Gasteiger partial charge in [0.25, 0.3) is 0 Å². The van der Waals surface area contributed by atoms with Crippen molar-refractivity contribution in [3.8, 4) is 0 Å². The Kier molecular flexibility index (Phi) is 8.59. The lowest BCUT2D eigenvalue weighted by molar-refractivity contribution is -0.126. The minimum atomic E-state index is -1.33. The quantitative estimate of drug-likeness (QED) is 0.296. The van der Waals surface area contributed by atoms with Crippen molar-refractivity contribution < 1.29 is 14.4 Å². The predicted molar refractivity (Wildman–Crippen MR) is 118 cm³/mol. The predicted octanol–water partition coefficient (Wildman–Crippen LogP) is 5.90. The van der Waals surface area contributed by atoms with Gasteiger partial charge < -0.3 is 15.5 Å². The molecule has 0 spiro atoms. The van der Waals surface area contributed by atoms with Crippen molar-refractivity contribution in [2.24, 2.45) is 11.1 Å². The third kappa shape index (κ3) is 7.08. The Hall–Kier alpha value is -1.99. The molecule has 10 heteroatoms. The Bertz CT molecular complexity index is 869. The smallest absolute Gasteiger partial charge is 0.242 e. The topological polar surface area (TPSA) is 79.8 Å². The maximum Gasteiger partial charge on any atom is 0.242 e. The number of oxime groups is 1. The average molecular weight is 477 g/mol. The fourth-order valence-corrected chi connectivity index (χ4v) is 2.99. The van der Waals surface area contributed by atoms with Crippen LogP contribution in [0.4, 0.5) is 11.4 Å². The lowest BCUT2D eigenvalue weighted by Gasteiger charge is -2.15. The van der Waals surface area contributed by atoms with Gasteiger partial charge in [0.2, 0.25) is 11.8 Å². The molecule has 0 bridgehead atoms. The van der Waals surface area contributed by atoms with Crippen LogP contribution in [0.1, 0.15) is 13.8 Å². The highest BCUT2D eigenvalue weighted by Crippen LogP contribution is 2.27. The van der Waals surface area contributed by atoms with Gasteiger partial charge in [0, 0.05) is 10.0 Å². The summed E-state index contributed by atoms with van der Waals surface area (Å²) >= 11 is 23.9. The molecule has 0 saturated carbocycles. The van der Waals surface area contributed by atoms with Gasteiger partial charge in [0.15, 0.2) is 5.92 Å². The molecule has 2 rings (SSSR count). The van der Waals surface area contributed by atoms with E-state index in [0.29, 0.717) is 21.4 Å². The second-order valence-corrected chi connectivity index (χ2v) is 7.80. The van der Waals surface area contributed by atoms with Crippen LogP contribution in [0.2, 0.25) is 20.1 Å². The van der Waals surface area contributed by atoms with E-state index in [-0.39, 0.29) is 16.1 Å². The first-order chi connectivity index (χ1) is 13.7. The van der Waals surface area contributed by atoms with Crippen molar-refractivity contribution in [2.45, 2.75) is 20.0 Å². The monoisotopic (exact) mass is 475 g/mol. The Labute approximate surface area is 188 Å². The molecule has 2 amide bonds. The van der Waals surface area contributed by atoms with E-state index in [2.05, 4.69) is 15.8 Å². The van der Waals surface area contributed by atoms with Crippen molar-refractivity contribution in [2.75, 3.05) is 10.6 Å². The van der Waals surface area contributed by atoms with Crippen LogP contribution in [0, 0.1) is 5.92 Å². The number of benzene rings is 2. The van der Waals surface area contributed by atoms with E-state index in [1.54, 1.807) is 26.0 Å². The van der Waals surface area contributed by atoms with Gasteiger partial charge in [-0.2, -0.15) is 0 Å². The van der Waals surface area contributed by atoms with Crippen molar-refractivity contribution in [3.63, 3.8) is 0 Å². The molecule has 29 heavy (non-hydrogen) atoms. The maximum atomic E-state index is 12.7. The van der Waals surface area contributed by atoms with Crippen molar-refractivity contribution in [1.82, 2.24) is 0 Å². The van der Waals surface area contributed by atoms with E-state index < -0.39 is 17.7 Å². The Morgan fingerprint density at radius 2 is 1.34 bits per heavy atom. The molecule has 2 aromatic rings. The summed E-state index contributed by atoms with van der Waals surface area (Å²) in [5.41, 5.74) is 0.586. The molecule has 0 aliphatic rings. The lowest BCUT2D eigenvalue weighted by atomic mass is 10.1. The van der Waals surface area contributed by atoms with Crippen LogP contribution in [0.5, 0.6) is 0 Å². The largest absolute Gasteiger partial charge is 0.393 e. The van der Waals surface area contributed by atoms with E-state index >= 15 is 0 Å². The van der Waals surface area contributed by atoms with E-state index in [4.69, 9.17) is 51.2 Å². The summed E-state index contributed by atoms with van der Waals surface area (Å²) in [6, 6.07) is 9.10. The second-order valence-electron chi connectivity index (χ2n) is 6.11. The van der Waals surface area contributed by atoms with Crippen LogP contribution >= 0.6 is 46.4 Å². The third-order valence-corrected chi connectivity index (χ3v) is 4.52. The van der Waals surface area contributed by atoms with Gasteiger partial charge in [-0.05, 0) is 50.2 Å². The summed E-state index contributed by atoms with van der Waals surface area (Å²) in [5.74, 6) is -2.67. The zero-order valence-corrected chi connectivity index (χ0v) is 18.4. The number of anilines is 2. The molecule has 0 unspecified atom stereocenters. The molecular weight excluding hydrogens is 460 g/mol. The van der Waals surface area contributed by atoms with Crippen molar-refractivity contribution >= 4 is 75.8 Å². The SMILES string of the molecule is CC(C)O/N=C/C(C(=O)Nc1ccc(Cl)cc1Cl)C(=O)Nc1ccc(Cl)cc1Cl.